The number of nitrogens with zero attached hydrogens (tertiary/aromatic N) is 2. The van der Waals surface area contributed by atoms with E-state index in [0.717, 1.165) is 24.5 Å². The van der Waals surface area contributed by atoms with Gasteiger partial charge in [0.1, 0.15) is 17.7 Å². The summed E-state index contributed by atoms with van der Waals surface area (Å²) in [6, 6.07) is 14.1. The van der Waals surface area contributed by atoms with Gasteiger partial charge in [-0.25, -0.2) is 4.39 Å². The monoisotopic (exact) mass is 357 g/mol. The first-order valence-corrected chi connectivity index (χ1v) is 8.80. The van der Waals surface area contributed by atoms with Gasteiger partial charge in [0.2, 0.25) is 5.91 Å². The summed E-state index contributed by atoms with van der Waals surface area (Å²) in [5.74, 6) is 0.185. The summed E-state index contributed by atoms with van der Waals surface area (Å²) in [5.41, 5.74) is 1.30. The van der Waals surface area contributed by atoms with Crippen LogP contribution < -0.4 is 15.0 Å². The van der Waals surface area contributed by atoms with Crippen LogP contribution >= 0.6 is 0 Å². The van der Waals surface area contributed by atoms with Gasteiger partial charge < -0.3 is 15.0 Å². The van der Waals surface area contributed by atoms with Crippen LogP contribution in [0.1, 0.15) is 6.92 Å². The number of likely N-dealkylation sites (N-methyl/N-ethyl adjacent to an activating group) is 2. The number of anilines is 2. The zero-order chi connectivity index (χ0) is 18.5. The summed E-state index contributed by atoms with van der Waals surface area (Å²) in [7, 11) is 1.86. The van der Waals surface area contributed by atoms with Crippen LogP contribution in [0.2, 0.25) is 0 Å². The maximum Gasteiger partial charge on any atom is 0.238 e. The Kier molecular flexibility index (Phi) is 5.73. The minimum atomic E-state index is -0.436. The van der Waals surface area contributed by atoms with Gasteiger partial charge in [-0.15, -0.1) is 0 Å². The van der Waals surface area contributed by atoms with Crippen molar-refractivity contribution in [2.24, 2.45) is 0 Å². The molecule has 0 bridgehead atoms. The van der Waals surface area contributed by atoms with Crippen LogP contribution in [-0.4, -0.2) is 50.1 Å². The highest BCUT2D eigenvalue weighted by Gasteiger charge is 2.25. The second-order valence-electron chi connectivity index (χ2n) is 6.47. The van der Waals surface area contributed by atoms with E-state index in [2.05, 4.69) is 23.2 Å². The van der Waals surface area contributed by atoms with Gasteiger partial charge >= 0.3 is 0 Å². The fraction of sp³-hybridized carbons (Fsp3) is 0.350. The van der Waals surface area contributed by atoms with Crippen molar-refractivity contribution in [1.29, 1.82) is 0 Å². The van der Waals surface area contributed by atoms with E-state index in [4.69, 9.17) is 4.74 Å². The zero-order valence-corrected chi connectivity index (χ0v) is 15.1. The number of benzene rings is 2. The van der Waals surface area contributed by atoms with Gasteiger partial charge in [-0.2, -0.15) is 0 Å². The predicted molar refractivity (Wildman–Crippen MR) is 101 cm³/mol. The van der Waals surface area contributed by atoms with Crippen LogP contribution in [0.25, 0.3) is 0 Å². The van der Waals surface area contributed by atoms with Crippen molar-refractivity contribution in [3.63, 3.8) is 0 Å². The molecule has 1 N–H and O–H groups in total. The molecular formula is C20H24FN3O2. The van der Waals surface area contributed by atoms with E-state index in [1.54, 1.807) is 18.2 Å². The van der Waals surface area contributed by atoms with Crippen LogP contribution in [-0.2, 0) is 4.79 Å². The van der Waals surface area contributed by atoms with Gasteiger partial charge in [-0.05, 0) is 38.2 Å². The SMILES string of the molecule is CCN1CC(CN(C)CC(=O)Nc2ccccc2F)Oc2ccccc21. The molecule has 0 saturated carbocycles. The summed E-state index contributed by atoms with van der Waals surface area (Å²) in [6.07, 6.45) is -0.0314. The van der Waals surface area contributed by atoms with Crippen molar-refractivity contribution in [3.05, 3.63) is 54.3 Å². The summed E-state index contributed by atoms with van der Waals surface area (Å²) >= 11 is 0. The molecule has 1 atom stereocenters. The van der Waals surface area contributed by atoms with Crippen molar-refractivity contribution in [2.75, 3.05) is 43.4 Å². The number of fused-ring (bicyclic) bond motifs is 1. The molecular weight excluding hydrogens is 333 g/mol. The predicted octanol–water partition coefficient (Wildman–Crippen LogP) is 2.98. The number of ether oxygens (including phenoxy) is 1. The molecule has 0 aliphatic carbocycles. The van der Waals surface area contributed by atoms with Gasteiger partial charge in [-0.3, -0.25) is 9.69 Å². The van der Waals surface area contributed by atoms with E-state index < -0.39 is 5.82 Å². The third kappa shape index (κ3) is 4.32. The lowest BCUT2D eigenvalue weighted by molar-refractivity contribution is -0.117. The van der Waals surface area contributed by atoms with Crippen molar-refractivity contribution >= 4 is 17.3 Å². The number of hydrogen-bond donors (Lipinski definition) is 1. The standard InChI is InChI=1S/C20H24FN3O2/c1-3-24-13-15(26-19-11-7-6-10-18(19)24)12-23(2)14-20(25)22-17-9-5-4-8-16(17)21/h4-11,15H,3,12-14H2,1-2H3,(H,22,25). The molecule has 0 aromatic heterocycles. The summed E-state index contributed by atoms with van der Waals surface area (Å²) in [4.78, 5) is 16.3. The molecule has 5 nitrogen and oxygen atoms in total. The second-order valence-corrected chi connectivity index (χ2v) is 6.47. The Morgan fingerprint density at radius 2 is 2.00 bits per heavy atom. The summed E-state index contributed by atoms with van der Waals surface area (Å²) in [6.45, 7) is 4.56. The summed E-state index contributed by atoms with van der Waals surface area (Å²) in [5, 5.41) is 2.61. The first-order chi connectivity index (χ1) is 12.6. The van der Waals surface area contributed by atoms with Crippen LogP contribution in [0.3, 0.4) is 0 Å². The topological polar surface area (TPSA) is 44.8 Å². The molecule has 1 aliphatic rings. The lowest BCUT2D eigenvalue weighted by atomic mass is 10.2. The van der Waals surface area contributed by atoms with Crippen molar-refractivity contribution in [3.8, 4) is 5.75 Å². The molecule has 6 heteroatoms. The van der Waals surface area contributed by atoms with E-state index in [1.807, 2.05) is 30.1 Å². The number of halogens is 1. The molecule has 0 radical (unpaired) electrons. The number of para-hydroxylation sites is 3. The van der Waals surface area contributed by atoms with E-state index in [0.29, 0.717) is 6.54 Å². The number of amides is 1. The molecule has 1 aliphatic heterocycles. The Balaban J connectivity index is 1.56. The average Bonchev–Trinajstić information content (AvgIpc) is 2.62. The van der Waals surface area contributed by atoms with Crippen molar-refractivity contribution < 1.29 is 13.9 Å². The van der Waals surface area contributed by atoms with E-state index >= 15 is 0 Å². The molecule has 0 saturated heterocycles. The van der Waals surface area contributed by atoms with Gasteiger partial charge in [0, 0.05) is 13.1 Å². The molecule has 1 amide bonds. The van der Waals surface area contributed by atoms with Crippen LogP contribution in [0.5, 0.6) is 5.75 Å². The van der Waals surface area contributed by atoms with Crippen LogP contribution in [0.4, 0.5) is 15.8 Å². The smallest absolute Gasteiger partial charge is 0.238 e. The van der Waals surface area contributed by atoms with Gasteiger partial charge in [-0.1, -0.05) is 24.3 Å². The molecule has 0 fully saturated rings. The highest BCUT2D eigenvalue weighted by Crippen LogP contribution is 2.32. The number of carbonyl (C=O) groups excluding carboxylic acids is 1. The van der Waals surface area contributed by atoms with Crippen LogP contribution in [0, 0.1) is 5.82 Å². The van der Waals surface area contributed by atoms with Gasteiger partial charge in [0.25, 0.3) is 0 Å². The molecule has 138 valence electrons. The Bertz CT molecular complexity index is 768. The lowest BCUT2D eigenvalue weighted by Crippen LogP contribution is -2.46. The number of rotatable bonds is 6. The third-order valence-electron chi connectivity index (χ3n) is 4.38. The van der Waals surface area contributed by atoms with Crippen LogP contribution in [0.15, 0.2) is 48.5 Å². The first-order valence-electron chi connectivity index (χ1n) is 8.80. The van der Waals surface area contributed by atoms with Gasteiger partial charge in [0.15, 0.2) is 0 Å². The lowest BCUT2D eigenvalue weighted by Gasteiger charge is -2.37. The maximum atomic E-state index is 13.6. The maximum absolute atomic E-state index is 13.6. The molecule has 1 unspecified atom stereocenters. The highest BCUT2D eigenvalue weighted by molar-refractivity contribution is 5.92. The minimum Gasteiger partial charge on any atom is -0.485 e. The molecule has 2 aromatic rings. The Labute approximate surface area is 153 Å². The van der Waals surface area contributed by atoms with E-state index in [1.165, 1.54) is 6.07 Å². The number of nitrogens with one attached hydrogen (secondary N) is 1. The average molecular weight is 357 g/mol. The van der Waals surface area contributed by atoms with E-state index in [9.17, 15) is 9.18 Å². The Hall–Kier alpha value is -2.60. The van der Waals surface area contributed by atoms with Crippen molar-refractivity contribution in [1.82, 2.24) is 4.90 Å². The molecule has 3 rings (SSSR count). The quantitative estimate of drug-likeness (QED) is 0.863. The van der Waals surface area contributed by atoms with Crippen molar-refractivity contribution in [2.45, 2.75) is 13.0 Å². The molecule has 2 aromatic carbocycles. The summed E-state index contributed by atoms with van der Waals surface area (Å²) < 4.78 is 19.7. The Morgan fingerprint density at radius 3 is 2.77 bits per heavy atom. The number of hydrogen-bond acceptors (Lipinski definition) is 4. The first kappa shape index (κ1) is 18.2. The fourth-order valence-corrected chi connectivity index (χ4v) is 3.18. The highest BCUT2D eigenvalue weighted by atomic mass is 19.1. The minimum absolute atomic E-state index is 0.0314. The zero-order valence-electron chi connectivity index (χ0n) is 15.1. The van der Waals surface area contributed by atoms with E-state index in [-0.39, 0.29) is 24.2 Å². The normalized spacial score (nSPS) is 16.2. The third-order valence-corrected chi connectivity index (χ3v) is 4.38. The fourth-order valence-electron chi connectivity index (χ4n) is 3.18. The molecule has 1 heterocycles. The molecule has 0 spiro atoms. The second kappa shape index (κ2) is 8.19. The van der Waals surface area contributed by atoms with Gasteiger partial charge in [0.05, 0.1) is 24.5 Å². The Morgan fingerprint density at radius 1 is 1.27 bits per heavy atom. The largest absolute Gasteiger partial charge is 0.485 e. The number of carbonyl (C=O) groups is 1. The molecule has 26 heavy (non-hydrogen) atoms.